The van der Waals surface area contributed by atoms with Crippen LogP contribution in [0.3, 0.4) is 0 Å². The SMILES string of the molecule is COc1[c][c]c2c3c1O[C@H]1C[C@@H](O)C=C[C@@]31CCN(C)C2. The Balaban J connectivity index is 1.95. The first kappa shape index (κ1) is 13.2. The summed E-state index contributed by atoms with van der Waals surface area (Å²) in [7, 11) is 3.76. The molecule has 3 aliphatic rings. The molecule has 0 amide bonds. The molecular formula is C17H19NO3. The minimum absolute atomic E-state index is 0.0316. The quantitative estimate of drug-likeness (QED) is 0.793. The summed E-state index contributed by atoms with van der Waals surface area (Å²) in [5, 5.41) is 9.96. The number of rotatable bonds is 1. The van der Waals surface area contributed by atoms with E-state index < -0.39 is 6.10 Å². The molecule has 1 aliphatic carbocycles. The fourth-order valence-corrected chi connectivity index (χ4v) is 3.90. The van der Waals surface area contributed by atoms with E-state index >= 15 is 0 Å². The van der Waals surface area contributed by atoms with Gasteiger partial charge in [-0.05, 0) is 31.6 Å². The van der Waals surface area contributed by atoms with E-state index in [1.165, 1.54) is 5.56 Å². The molecule has 0 bridgehead atoms. The second-order valence-corrected chi connectivity index (χ2v) is 6.26. The minimum atomic E-state index is -0.432. The van der Waals surface area contributed by atoms with Crippen LogP contribution in [0, 0.1) is 12.1 Å². The summed E-state index contributed by atoms with van der Waals surface area (Å²) >= 11 is 0. The molecule has 0 aromatic heterocycles. The summed E-state index contributed by atoms with van der Waals surface area (Å²) in [5.74, 6) is 1.42. The van der Waals surface area contributed by atoms with Crippen molar-refractivity contribution in [2.75, 3.05) is 20.7 Å². The van der Waals surface area contributed by atoms with Gasteiger partial charge in [-0.25, -0.2) is 0 Å². The molecule has 0 fully saturated rings. The summed E-state index contributed by atoms with van der Waals surface area (Å²) in [6, 6.07) is 6.33. The molecule has 0 saturated heterocycles. The molecule has 0 unspecified atom stereocenters. The van der Waals surface area contributed by atoms with Crippen molar-refractivity contribution in [1.29, 1.82) is 0 Å². The van der Waals surface area contributed by atoms with Crippen LogP contribution in [-0.4, -0.2) is 42.9 Å². The fraction of sp³-hybridized carbons (Fsp3) is 0.529. The highest BCUT2D eigenvalue weighted by Crippen LogP contribution is 2.55. The van der Waals surface area contributed by atoms with Crippen LogP contribution in [0.2, 0.25) is 0 Å². The van der Waals surface area contributed by atoms with Gasteiger partial charge in [0.25, 0.3) is 0 Å². The lowest BCUT2D eigenvalue weighted by molar-refractivity contribution is 0.0821. The second kappa shape index (κ2) is 4.49. The molecule has 2 radical (unpaired) electrons. The Hall–Kier alpha value is -1.52. The standard InChI is InChI=1S/C17H19NO3/c1-18-8-7-17-6-5-12(19)9-14(17)21-16-13(20-2)4-3-11(10-18)15(16)17/h5-6,12,14,19H,7-10H2,1-2H3/t12-,14-,17-/m0/s1. The van der Waals surface area contributed by atoms with E-state index in [4.69, 9.17) is 9.47 Å². The first-order chi connectivity index (χ1) is 10.1. The summed E-state index contributed by atoms with van der Waals surface area (Å²) in [6.45, 7) is 1.83. The van der Waals surface area contributed by atoms with E-state index in [2.05, 4.69) is 30.2 Å². The largest absolute Gasteiger partial charge is 0.492 e. The van der Waals surface area contributed by atoms with Gasteiger partial charge < -0.3 is 19.5 Å². The molecular weight excluding hydrogens is 266 g/mol. The van der Waals surface area contributed by atoms with E-state index in [9.17, 15) is 5.11 Å². The smallest absolute Gasteiger partial charge is 0.169 e. The van der Waals surface area contributed by atoms with Crippen molar-refractivity contribution in [2.24, 2.45) is 0 Å². The van der Waals surface area contributed by atoms with Crippen molar-refractivity contribution >= 4 is 0 Å². The Morgan fingerprint density at radius 2 is 2.33 bits per heavy atom. The first-order valence-corrected chi connectivity index (χ1v) is 7.41. The number of hydrogen-bond acceptors (Lipinski definition) is 4. The molecule has 4 heteroatoms. The van der Waals surface area contributed by atoms with E-state index in [-0.39, 0.29) is 11.5 Å². The Kier molecular flexibility index (Phi) is 2.81. The van der Waals surface area contributed by atoms with Gasteiger partial charge in [0, 0.05) is 24.6 Å². The molecule has 1 aromatic rings. The summed E-state index contributed by atoms with van der Waals surface area (Å²) < 4.78 is 11.6. The highest BCUT2D eigenvalue weighted by atomic mass is 16.5. The van der Waals surface area contributed by atoms with Gasteiger partial charge >= 0.3 is 0 Å². The molecule has 2 aliphatic heterocycles. The van der Waals surface area contributed by atoms with Crippen molar-refractivity contribution in [2.45, 2.75) is 37.0 Å². The maximum atomic E-state index is 9.96. The van der Waals surface area contributed by atoms with Crippen LogP contribution in [0.4, 0.5) is 0 Å². The number of ether oxygens (including phenoxy) is 2. The Labute approximate surface area is 125 Å². The second-order valence-electron chi connectivity index (χ2n) is 6.26. The molecule has 1 spiro atoms. The maximum Gasteiger partial charge on any atom is 0.169 e. The predicted molar refractivity (Wildman–Crippen MR) is 77.5 cm³/mol. The third kappa shape index (κ3) is 1.75. The zero-order chi connectivity index (χ0) is 14.6. The average molecular weight is 285 g/mol. The molecule has 110 valence electrons. The topological polar surface area (TPSA) is 41.9 Å². The van der Waals surface area contributed by atoms with Crippen LogP contribution in [0.25, 0.3) is 0 Å². The molecule has 4 rings (SSSR count). The normalized spacial score (nSPS) is 33.9. The highest BCUT2D eigenvalue weighted by molar-refractivity contribution is 5.60. The van der Waals surface area contributed by atoms with Gasteiger partial charge in [-0.1, -0.05) is 12.2 Å². The molecule has 1 aromatic carbocycles. The van der Waals surface area contributed by atoms with Gasteiger partial charge in [0.2, 0.25) is 0 Å². The van der Waals surface area contributed by atoms with Crippen molar-refractivity contribution < 1.29 is 14.6 Å². The third-order valence-electron chi connectivity index (χ3n) is 4.97. The molecule has 3 atom stereocenters. The molecule has 21 heavy (non-hydrogen) atoms. The summed E-state index contributed by atoms with van der Waals surface area (Å²) in [4.78, 5) is 2.30. The number of nitrogens with zero attached hydrogens (tertiary/aromatic N) is 1. The predicted octanol–water partition coefficient (Wildman–Crippen LogP) is 1.45. The lowest BCUT2D eigenvalue weighted by Gasteiger charge is -2.35. The Morgan fingerprint density at radius 1 is 1.48 bits per heavy atom. The van der Waals surface area contributed by atoms with Crippen LogP contribution < -0.4 is 9.47 Å². The molecule has 4 nitrogen and oxygen atoms in total. The van der Waals surface area contributed by atoms with E-state index in [0.717, 1.165) is 30.8 Å². The number of aliphatic hydroxyl groups is 1. The van der Waals surface area contributed by atoms with Gasteiger partial charge in [-0.2, -0.15) is 0 Å². The van der Waals surface area contributed by atoms with Crippen molar-refractivity contribution in [3.8, 4) is 11.5 Å². The van der Waals surface area contributed by atoms with Crippen molar-refractivity contribution in [1.82, 2.24) is 4.90 Å². The summed E-state index contributed by atoms with van der Waals surface area (Å²) in [6.07, 6.45) is 5.20. The monoisotopic (exact) mass is 285 g/mol. The third-order valence-corrected chi connectivity index (χ3v) is 4.97. The van der Waals surface area contributed by atoms with Gasteiger partial charge in [0.1, 0.15) is 6.10 Å². The fourth-order valence-electron chi connectivity index (χ4n) is 3.90. The highest BCUT2D eigenvalue weighted by Gasteiger charge is 2.52. The number of hydrogen-bond donors (Lipinski definition) is 1. The first-order valence-electron chi connectivity index (χ1n) is 7.41. The number of methoxy groups -OCH3 is 1. The molecule has 0 saturated carbocycles. The van der Waals surface area contributed by atoms with Crippen LogP contribution in [0.15, 0.2) is 12.2 Å². The lowest BCUT2D eigenvalue weighted by Crippen LogP contribution is -2.42. The molecule has 1 N–H and O–H groups in total. The summed E-state index contributed by atoms with van der Waals surface area (Å²) in [5.41, 5.74) is 2.16. The van der Waals surface area contributed by atoms with Gasteiger partial charge in [-0.15, -0.1) is 0 Å². The van der Waals surface area contributed by atoms with Crippen LogP contribution in [0.1, 0.15) is 24.0 Å². The van der Waals surface area contributed by atoms with E-state index in [1.54, 1.807) is 7.11 Å². The number of aliphatic hydroxyl groups excluding tert-OH is 1. The average Bonchev–Trinajstić information content (AvgIpc) is 2.72. The van der Waals surface area contributed by atoms with Gasteiger partial charge in [0.05, 0.1) is 18.6 Å². The van der Waals surface area contributed by atoms with Gasteiger partial charge in [-0.3, -0.25) is 0 Å². The van der Waals surface area contributed by atoms with Crippen molar-refractivity contribution in [3.05, 3.63) is 35.4 Å². The minimum Gasteiger partial charge on any atom is -0.492 e. The Morgan fingerprint density at radius 3 is 3.14 bits per heavy atom. The van der Waals surface area contributed by atoms with E-state index in [1.807, 2.05) is 6.08 Å². The van der Waals surface area contributed by atoms with Gasteiger partial charge in [0.15, 0.2) is 11.5 Å². The zero-order valence-corrected chi connectivity index (χ0v) is 12.3. The zero-order valence-electron chi connectivity index (χ0n) is 12.3. The van der Waals surface area contributed by atoms with Crippen LogP contribution in [0.5, 0.6) is 11.5 Å². The van der Waals surface area contributed by atoms with Crippen molar-refractivity contribution in [3.63, 3.8) is 0 Å². The number of benzene rings is 1. The van der Waals surface area contributed by atoms with Crippen LogP contribution in [-0.2, 0) is 12.0 Å². The van der Waals surface area contributed by atoms with E-state index in [0.29, 0.717) is 12.2 Å². The Bertz CT molecular complexity index is 612. The maximum absolute atomic E-state index is 9.96. The lowest BCUT2D eigenvalue weighted by atomic mass is 9.69. The molecule has 2 heterocycles. The van der Waals surface area contributed by atoms with Crippen LogP contribution >= 0.6 is 0 Å².